The second-order valence-corrected chi connectivity index (χ2v) is 5.06. The second kappa shape index (κ2) is 7.32. The fourth-order valence-electron chi connectivity index (χ4n) is 2.08. The van der Waals surface area contributed by atoms with Gasteiger partial charge in [-0.2, -0.15) is 0 Å². The Hall–Kier alpha value is -3.28. The molecular formula is C18H15FN4O. The molecule has 0 atom stereocenters. The van der Waals surface area contributed by atoms with Gasteiger partial charge in [-0.05, 0) is 17.7 Å². The summed E-state index contributed by atoms with van der Waals surface area (Å²) < 4.78 is 13.6. The highest BCUT2D eigenvalue weighted by Crippen LogP contribution is 2.17. The van der Waals surface area contributed by atoms with Crippen LogP contribution < -0.4 is 10.6 Å². The smallest absolute Gasteiger partial charge is 0.271 e. The number of aromatic nitrogens is 2. The van der Waals surface area contributed by atoms with Crippen LogP contribution in [0.1, 0.15) is 16.1 Å². The molecule has 1 heterocycles. The molecule has 0 radical (unpaired) electrons. The number of carbonyl (C=O) groups is 1. The summed E-state index contributed by atoms with van der Waals surface area (Å²) in [6, 6.07) is 15.8. The molecule has 0 unspecified atom stereocenters. The average Bonchev–Trinajstić information content (AvgIpc) is 2.63. The van der Waals surface area contributed by atoms with E-state index in [1.165, 1.54) is 18.5 Å². The number of para-hydroxylation sites is 1. The topological polar surface area (TPSA) is 66.9 Å². The predicted octanol–water partition coefficient (Wildman–Crippen LogP) is 3.29. The Morgan fingerprint density at radius 2 is 1.71 bits per heavy atom. The summed E-state index contributed by atoms with van der Waals surface area (Å²) in [5.41, 5.74) is 1.50. The van der Waals surface area contributed by atoms with Crippen LogP contribution in [0.4, 0.5) is 15.9 Å². The van der Waals surface area contributed by atoms with E-state index in [0.29, 0.717) is 18.1 Å². The Morgan fingerprint density at radius 1 is 0.958 bits per heavy atom. The number of hydrogen-bond acceptors (Lipinski definition) is 4. The van der Waals surface area contributed by atoms with Crippen LogP contribution in [0.25, 0.3) is 0 Å². The number of hydrogen-bond donors (Lipinski definition) is 2. The molecule has 0 saturated carbocycles. The summed E-state index contributed by atoms with van der Waals surface area (Å²) in [5.74, 6) is -0.340. The van der Waals surface area contributed by atoms with Crippen LogP contribution in [0.15, 0.2) is 67.0 Å². The van der Waals surface area contributed by atoms with Gasteiger partial charge in [0.25, 0.3) is 5.91 Å². The van der Waals surface area contributed by atoms with Crippen LogP contribution in [0, 0.1) is 5.82 Å². The molecule has 0 bridgehead atoms. The maximum absolute atomic E-state index is 13.6. The molecule has 0 aliphatic heterocycles. The van der Waals surface area contributed by atoms with E-state index in [1.54, 1.807) is 18.2 Å². The molecule has 1 aromatic heterocycles. The third-order valence-corrected chi connectivity index (χ3v) is 3.32. The molecular weight excluding hydrogens is 307 g/mol. The van der Waals surface area contributed by atoms with E-state index in [4.69, 9.17) is 0 Å². The van der Waals surface area contributed by atoms with Crippen LogP contribution in [0.5, 0.6) is 0 Å². The van der Waals surface area contributed by atoms with Crippen LogP contribution in [0.2, 0.25) is 0 Å². The van der Waals surface area contributed by atoms with E-state index >= 15 is 0 Å². The minimum absolute atomic E-state index is 0.199. The number of halogens is 1. The molecule has 120 valence electrons. The first-order valence-corrected chi connectivity index (χ1v) is 7.38. The fraction of sp³-hybridized carbons (Fsp3) is 0.0556. The summed E-state index contributed by atoms with van der Waals surface area (Å²) in [4.78, 5) is 20.2. The first-order chi connectivity index (χ1) is 11.7. The highest BCUT2D eigenvalue weighted by atomic mass is 19.1. The minimum atomic E-state index is -0.385. The Kier molecular flexibility index (Phi) is 4.76. The maximum Gasteiger partial charge on any atom is 0.271 e. The number of nitrogens with zero attached hydrogens (tertiary/aromatic N) is 2. The van der Waals surface area contributed by atoms with Gasteiger partial charge in [-0.25, -0.2) is 14.4 Å². The van der Waals surface area contributed by atoms with Crippen molar-refractivity contribution in [1.29, 1.82) is 0 Å². The molecule has 2 aromatic carbocycles. The van der Waals surface area contributed by atoms with Gasteiger partial charge in [0, 0.05) is 6.54 Å². The lowest BCUT2D eigenvalue weighted by molar-refractivity contribution is 0.0945. The van der Waals surface area contributed by atoms with Gasteiger partial charge in [-0.15, -0.1) is 0 Å². The van der Waals surface area contributed by atoms with Crippen molar-refractivity contribution in [3.05, 3.63) is 84.1 Å². The fourth-order valence-corrected chi connectivity index (χ4v) is 2.08. The summed E-state index contributed by atoms with van der Waals surface area (Å²) >= 11 is 0. The molecule has 5 nitrogen and oxygen atoms in total. The number of rotatable bonds is 5. The van der Waals surface area contributed by atoms with Crippen molar-refractivity contribution in [1.82, 2.24) is 15.3 Å². The molecule has 2 N–H and O–H groups in total. The Morgan fingerprint density at radius 3 is 2.42 bits per heavy atom. The van der Waals surface area contributed by atoms with Gasteiger partial charge in [-0.3, -0.25) is 4.79 Å². The van der Waals surface area contributed by atoms with Gasteiger partial charge in [0.15, 0.2) is 0 Å². The van der Waals surface area contributed by atoms with Crippen LogP contribution >= 0.6 is 0 Å². The van der Waals surface area contributed by atoms with E-state index in [2.05, 4.69) is 20.6 Å². The van der Waals surface area contributed by atoms with Crippen LogP contribution in [-0.4, -0.2) is 15.9 Å². The van der Waals surface area contributed by atoms with Crippen LogP contribution in [-0.2, 0) is 6.54 Å². The number of anilines is 2. The molecule has 24 heavy (non-hydrogen) atoms. The Labute approximate surface area is 138 Å². The minimum Gasteiger partial charge on any atom is -0.347 e. The maximum atomic E-state index is 13.6. The van der Waals surface area contributed by atoms with Crippen molar-refractivity contribution in [3.8, 4) is 0 Å². The summed E-state index contributed by atoms with van der Waals surface area (Å²) in [7, 11) is 0. The first kappa shape index (κ1) is 15.6. The quantitative estimate of drug-likeness (QED) is 0.756. The second-order valence-electron chi connectivity index (χ2n) is 5.06. The van der Waals surface area contributed by atoms with Gasteiger partial charge < -0.3 is 10.6 Å². The van der Waals surface area contributed by atoms with Gasteiger partial charge >= 0.3 is 0 Å². The highest BCUT2D eigenvalue weighted by molar-refractivity contribution is 5.92. The molecule has 0 aliphatic rings. The molecule has 0 saturated heterocycles. The van der Waals surface area contributed by atoms with Crippen molar-refractivity contribution in [2.45, 2.75) is 6.54 Å². The lowest BCUT2D eigenvalue weighted by atomic mass is 10.2. The van der Waals surface area contributed by atoms with Gasteiger partial charge in [0.05, 0.1) is 18.1 Å². The molecule has 1 amide bonds. The van der Waals surface area contributed by atoms with Gasteiger partial charge in [0.2, 0.25) is 0 Å². The van der Waals surface area contributed by atoms with E-state index in [9.17, 15) is 9.18 Å². The molecule has 3 rings (SSSR count). The third kappa shape index (κ3) is 3.92. The predicted molar refractivity (Wildman–Crippen MR) is 89.3 cm³/mol. The monoisotopic (exact) mass is 322 g/mol. The van der Waals surface area contributed by atoms with Crippen molar-refractivity contribution in [2.24, 2.45) is 0 Å². The molecule has 0 fully saturated rings. The molecule has 6 heteroatoms. The van der Waals surface area contributed by atoms with Crippen molar-refractivity contribution >= 4 is 17.4 Å². The average molecular weight is 322 g/mol. The Balaban J connectivity index is 1.61. The molecule has 0 aliphatic carbocycles. The van der Waals surface area contributed by atoms with Crippen molar-refractivity contribution in [2.75, 3.05) is 5.32 Å². The lowest BCUT2D eigenvalue weighted by Gasteiger charge is -2.07. The van der Waals surface area contributed by atoms with Crippen molar-refractivity contribution < 1.29 is 9.18 Å². The highest BCUT2D eigenvalue weighted by Gasteiger charge is 2.08. The Bertz CT molecular complexity index is 822. The normalized spacial score (nSPS) is 10.2. The number of carbonyl (C=O) groups excluding carboxylic acids is 1. The zero-order chi connectivity index (χ0) is 16.8. The SMILES string of the molecule is O=C(NCc1ccccc1)c1cnc(Nc2ccccc2F)cn1. The number of nitrogens with one attached hydrogen (secondary N) is 2. The van der Waals surface area contributed by atoms with E-state index in [-0.39, 0.29) is 17.4 Å². The van der Waals surface area contributed by atoms with Crippen LogP contribution in [0.3, 0.4) is 0 Å². The van der Waals surface area contributed by atoms with Crippen molar-refractivity contribution in [3.63, 3.8) is 0 Å². The number of amides is 1. The van der Waals surface area contributed by atoms with E-state index in [1.807, 2.05) is 30.3 Å². The largest absolute Gasteiger partial charge is 0.347 e. The van der Waals surface area contributed by atoms with E-state index < -0.39 is 0 Å². The van der Waals surface area contributed by atoms with E-state index in [0.717, 1.165) is 5.56 Å². The standard InChI is InChI=1S/C18H15FN4O/c19-14-8-4-5-9-15(14)23-17-12-20-16(11-21-17)18(24)22-10-13-6-2-1-3-7-13/h1-9,11-12H,10H2,(H,21,23)(H,22,24). The molecule has 0 spiro atoms. The molecule has 3 aromatic rings. The summed E-state index contributed by atoms with van der Waals surface area (Å²) in [5, 5.41) is 5.59. The zero-order valence-corrected chi connectivity index (χ0v) is 12.7. The summed E-state index contributed by atoms with van der Waals surface area (Å²) in [6.45, 7) is 0.413. The van der Waals surface area contributed by atoms with Gasteiger partial charge in [0.1, 0.15) is 17.3 Å². The van der Waals surface area contributed by atoms with Gasteiger partial charge in [-0.1, -0.05) is 42.5 Å². The third-order valence-electron chi connectivity index (χ3n) is 3.32. The lowest BCUT2D eigenvalue weighted by Crippen LogP contribution is -2.24. The summed E-state index contributed by atoms with van der Waals surface area (Å²) in [6.07, 6.45) is 2.74. The number of benzene rings is 2. The zero-order valence-electron chi connectivity index (χ0n) is 12.7. The first-order valence-electron chi connectivity index (χ1n) is 7.38.